The summed E-state index contributed by atoms with van der Waals surface area (Å²) in [5.74, 6) is -0.292. The molecule has 1 fully saturated rings. The van der Waals surface area contributed by atoms with Crippen molar-refractivity contribution in [1.82, 2.24) is 4.90 Å². The third-order valence-electron chi connectivity index (χ3n) is 4.51. The van der Waals surface area contributed by atoms with Crippen LogP contribution in [0.3, 0.4) is 0 Å². The Hall–Kier alpha value is -2.20. The first-order valence-corrected chi connectivity index (χ1v) is 8.44. The van der Waals surface area contributed by atoms with Crippen LogP contribution >= 0.6 is 0 Å². The minimum atomic E-state index is -0.296. The van der Waals surface area contributed by atoms with Crippen molar-refractivity contribution >= 4 is 11.6 Å². The Morgan fingerprint density at radius 2 is 1.88 bits per heavy atom. The Morgan fingerprint density at radius 1 is 1.17 bits per heavy atom. The molecule has 0 radical (unpaired) electrons. The molecular formula is C20H23FN2O. The summed E-state index contributed by atoms with van der Waals surface area (Å²) in [7, 11) is 0. The number of anilines is 1. The second-order valence-electron chi connectivity index (χ2n) is 6.56. The number of halogens is 1. The molecular weight excluding hydrogens is 303 g/mol. The molecule has 1 aliphatic heterocycles. The van der Waals surface area contributed by atoms with Crippen LogP contribution in [-0.4, -0.2) is 23.9 Å². The van der Waals surface area contributed by atoms with Crippen LogP contribution in [-0.2, 0) is 11.3 Å². The van der Waals surface area contributed by atoms with Crippen molar-refractivity contribution in [2.75, 3.05) is 18.4 Å². The fourth-order valence-electron chi connectivity index (χ4n) is 3.14. The lowest BCUT2D eigenvalue weighted by Gasteiger charge is -2.32. The SMILES string of the molecule is Cc1ccc(CN2CCCC(C(=O)Nc3ccc(F)cc3)C2)cc1. The van der Waals surface area contributed by atoms with Crippen molar-refractivity contribution in [2.45, 2.75) is 26.3 Å². The fraction of sp³-hybridized carbons (Fsp3) is 0.350. The van der Waals surface area contributed by atoms with E-state index in [0.29, 0.717) is 5.69 Å². The number of likely N-dealkylation sites (tertiary alicyclic amines) is 1. The van der Waals surface area contributed by atoms with Crippen LogP contribution in [0.25, 0.3) is 0 Å². The number of nitrogens with one attached hydrogen (secondary N) is 1. The van der Waals surface area contributed by atoms with Gasteiger partial charge in [-0.25, -0.2) is 4.39 Å². The van der Waals surface area contributed by atoms with Crippen LogP contribution in [0.1, 0.15) is 24.0 Å². The summed E-state index contributed by atoms with van der Waals surface area (Å²) in [6.07, 6.45) is 1.92. The Labute approximate surface area is 142 Å². The first-order valence-electron chi connectivity index (χ1n) is 8.44. The van der Waals surface area contributed by atoms with E-state index < -0.39 is 0 Å². The summed E-state index contributed by atoms with van der Waals surface area (Å²) in [4.78, 5) is 14.8. The molecule has 2 aromatic rings. The highest BCUT2D eigenvalue weighted by molar-refractivity contribution is 5.92. The zero-order valence-corrected chi connectivity index (χ0v) is 14.0. The van der Waals surface area contributed by atoms with Crippen LogP contribution in [0.2, 0.25) is 0 Å². The number of amides is 1. The van der Waals surface area contributed by atoms with Gasteiger partial charge in [0.1, 0.15) is 5.82 Å². The van der Waals surface area contributed by atoms with Crippen molar-refractivity contribution in [2.24, 2.45) is 5.92 Å². The Balaban J connectivity index is 1.57. The lowest BCUT2D eigenvalue weighted by atomic mass is 9.96. The molecule has 1 unspecified atom stereocenters. The second-order valence-corrected chi connectivity index (χ2v) is 6.56. The first-order chi connectivity index (χ1) is 11.6. The van der Waals surface area contributed by atoms with Crippen molar-refractivity contribution in [3.63, 3.8) is 0 Å². The van der Waals surface area contributed by atoms with Crippen LogP contribution in [0.15, 0.2) is 48.5 Å². The van der Waals surface area contributed by atoms with Gasteiger partial charge in [-0.1, -0.05) is 29.8 Å². The number of hydrogen-bond donors (Lipinski definition) is 1. The van der Waals surface area contributed by atoms with Crippen molar-refractivity contribution in [3.05, 3.63) is 65.5 Å². The quantitative estimate of drug-likeness (QED) is 0.921. The molecule has 1 atom stereocenters. The number of aryl methyl sites for hydroxylation is 1. The highest BCUT2D eigenvalue weighted by Gasteiger charge is 2.25. The van der Waals surface area contributed by atoms with Gasteiger partial charge in [-0.15, -0.1) is 0 Å². The number of nitrogens with zero attached hydrogens (tertiary/aromatic N) is 1. The van der Waals surface area contributed by atoms with E-state index in [1.165, 1.54) is 23.3 Å². The average Bonchev–Trinajstić information content (AvgIpc) is 2.59. The van der Waals surface area contributed by atoms with Crippen LogP contribution in [0.4, 0.5) is 10.1 Å². The molecule has 1 saturated heterocycles. The van der Waals surface area contributed by atoms with E-state index in [-0.39, 0.29) is 17.6 Å². The fourth-order valence-corrected chi connectivity index (χ4v) is 3.14. The highest BCUT2D eigenvalue weighted by atomic mass is 19.1. The smallest absolute Gasteiger partial charge is 0.228 e. The number of carbonyl (C=O) groups is 1. The number of rotatable bonds is 4. The maximum atomic E-state index is 12.9. The zero-order valence-electron chi connectivity index (χ0n) is 14.0. The van der Waals surface area contributed by atoms with Gasteiger partial charge < -0.3 is 5.32 Å². The topological polar surface area (TPSA) is 32.3 Å². The number of piperidine rings is 1. The number of benzene rings is 2. The van der Waals surface area contributed by atoms with Gasteiger partial charge in [0.05, 0.1) is 5.92 Å². The van der Waals surface area contributed by atoms with Gasteiger partial charge in [0.2, 0.25) is 5.91 Å². The molecule has 0 aromatic heterocycles. The van der Waals surface area contributed by atoms with Crippen LogP contribution in [0.5, 0.6) is 0 Å². The lowest BCUT2D eigenvalue weighted by molar-refractivity contribution is -0.121. The van der Waals surface area contributed by atoms with Gasteiger partial charge in [-0.05, 0) is 56.1 Å². The monoisotopic (exact) mass is 326 g/mol. The molecule has 1 heterocycles. The van der Waals surface area contributed by atoms with Crippen LogP contribution < -0.4 is 5.32 Å². The van der Waals surface area contributed by atoms with Gasteiger partial charge in [0.15, 0.2) is 0 Å². The predicted octanol–water partition coefficient (Wildman–Crippen LogP) is 3.98. The Kier molecular flexibility index (Phi) is 5.26. The Morgan fingerprint density at radius 3 is 2.58 bits per heavy atom. The zero-order chi connectivity index (χ0) is 16.9. The lowest BCUT2D eigenvalue weighted by Crippen LogP contribution is -2.40. The maximum absolute atomic E-state index is 12.9. The second kappa shape index (κ2) is 7.58. The minimum absolute atomic E-state index is 0.0192. The van der Waals surface area contributed by atoms with Crippen LogP contribution in [0, 0.1) is 18.7 Å². The summed E-state index contributed by atoms with van der Waals surface area (Å²) < 4.78 is 12.9. The molecule has 126 valence electrons. The molecule has 24 heavy (non-hydrogen) atoms. The molecule has 1 amide bonds. The third kappa shape index (κ3) is 4.42. The highest BCUT2D eigenvalue weighted by Crippen LogP contribution is 2.21. The molecule has 1 aliphatic rings. The molecule has 4 heteroatoms. The molecule has 0 saturated carbocycles. The van der Waals surface area contributed by atoms with E-state index in [2.05, 4.69) is 41.4 Å². The predicted molar refractivity (Wildman–Crippen MR) is 94.2 cm³/mol. The normalized spacial score (nSPS) is 18.3. The summed E-state index contributed by atoms with van der Waals surface area (Å²) in [5, 5.41) is 2.90. The van der Waals surface area contributed by atoms with Crippen molar-refractivity contribution in [1.29, 1.82) is 0 Å². The summed E-state index contributed by atoms with van der Waals surface area (Å²) >= 11 is 0. The average molecular weight is 326 g/mol. The summed E-state index contributed by atoms with van der Waals surface area (Å²) in [6, 6.07) is 14.5. The molecule has 3 nitrogen and oxygen atoms in total. The van der Waals surface area contributed by atoms with E-state index in [1.807, 2.05) is 0 Å². The molecule has 1 N–H and O–H groups in total. The van der Waals surface area contributed by atoms with E-state index in [4.69, 9.17) is 0 Å². The molecule has 0 bridgehead atoms. The molecule has 0 spiro atoms. The number of carbonyl (C=O) groups excluding carboxylic acids is 1. The molecule has 3 rings (SSSR count). The van der Waals surface area contributed by atoms with Gasteiger partial charge in [-0.2, -0.15) is 0 Å². The third-order valence-corrected chi connectivity index (χ3v) is 4.51. The Bertz CT molecular complexity index is 682. The first kappa shape index (κ1) is 16.7. The molecule has 0 aliphatic carbocycles. The van der Waals surface area contributed by atoms with E-state index in [9.17, 15) is 9.18 Å². The summed E-state index contributed by atoms with van der Waals surface area (Å²) in [5.41, 5.74) is 3.19. The van der Waals surface area contributed by atoms with E-state index >= 15 is 0 Å². The van der Waals surface area contributed by atoms with Gasteiger partial charge in [-0.3, -0.25) is 9.69 Å². The van der Waals surface area contributed by atoms with Crippen molar-refractivity contribution < 1.29 is 9.18 Å². The van der Waals surface area contributed by atoms with E-state index in [1.54, 1.807) is 12.1 Å². The van der Waals surface area contributed by atoms with Gasteiger partial charge in [0, 0.05) is 18.8 Å². The number of hydrogen-bond acceptors (Lipinski definition) is 2. The van der Waals surface area contributed by atoms with E-state index in [0.717, 1.165) is 32.5 Å². The van der Waals surface area contributed by atoms with Gasteiger partial charge in [0.25, 0.3) is 0 Å². The summed E-state index contributed by atoms with van der Waals surface area (Å²) in [6.45, 7) is 4.75. The largest absolute Gasteiger partial charge is 0.326 e. The standard InChI is InChI=1S/C20H23FN2O/c1-15-4-6-16(7-5-15)13-23-12-2-3-17(14-23)20(24)22-19-10-8-18(21)9-11-19/h4-11,17H,2-3,12-14H2,1H3,(H,22,24). The van der Waals surface area contributed by atoms with Gasteiger partial charge >= 0.3 is 0 Å². The minimum Gasteiger partial charge on any atom is -0.326 e. The maximum Gasteiger partial charge on any atom is 0.228 e. The molecule has 2 aromatic carbocycles. The van der Waals surface area contributed by atoms with Crippen molar-refractivity contribution in [3.8, 4) is 0 Å².